The van der Waals surface area contributed by atoms with Crippen molar-refractivity contribution in [2.24, 2.45) is 0 Å². The van der Waals surface area contributed by atoms with Crippen molar-refractivity contribution in [3.05, 3.63) is 75.8 Å². The van der Waals surface area contributed by atoms with Crippen LogP contribution in [0.25, 0.3) is 11.2 Å². The van der Waals surface area contributed by atoms with Gasteiger partial charge in [0, 0.05) is 19.0 Å². The van der Waals surface area contributed by atoms with E-state index in [4.69, 9.17) is 0 Å². The summed E-state index contributed by atoms with van der Waals surface area (Å²) < 4.78 is 70.3. The van der Waals surface area contributed by atoms with Crippen LogP contribution in [0.5, 0.6) is 5.75 Å². The van der Waals surface area contributed by atoms with Gasteiger partial charge in [-0.3, -0.25) is 4.79 Å². The summed E-state index contributed by atoms with van der Waals surface area (Å²) in [6.07, 6.45) is -3.59. The summed E-state index contributed by atoms with van der Waals surface area (Å²) >= 11 is 0. The van der Waals surface area contributed by atoms with Crippen LogP contribution in [0.4, 0.5) is 13.2 Å². The van der Waals surface area contributed by atoms with E-state index in [1.165, 1.54) is 33.3 Å². The maximum atomic E-state index is 13.2. The standard InChI is InChI=1S/C24H23F3N6O4S/c1-15-4-10-19(11-5-15)38(35,36)32-12-2-3-17(14-32)21-28-22-20(23(34)29-21)30-31-33(22)13-16-6-8-18(9-7-16)37-24(25,26)27/h4-11,17H,2-3,12-14H2,1H3,(H,28,29,34)/t17-/m1/s1. The number of aromatic amines is 1. The van der Waals surface area contributed by atoms with Gasteiger partial charge in [0.1, 0.15) is 11.6 Å². The van der Waals surface area contributed by atoms with Gasteiger partial charge in [-0.25, -0.2) is 18.1 Å². The first-order chi connectivity index (χ1) is 18.0. The number of fused-ring (bicyclic) bond motifs is 1. The Morgan fingerprint density at radius 2 is 1.82 bits per heavy atom. The number of H-pyrrole nitrogens is 1. The topological polar surface area (TPSA) is 123 Å². The van der Waals surface area contributed by atoms with Gasteiger partial charge in [0.05, 0.1) is 11.4 Å². The SMILES string of the molecule is Cc1ccc(S(=O)(=O)N2CCC[C@@H](c3nc4c(nnn4Cc4ccc(OC(F)(F)F)cc4)c(=O)[nH]3)C2)cc1. The van der Waals surface area contributed by atoms with E-state index in [1.807, 2.05) is 6.92 Å². The smallest absolute Gasteiger partial charge is 0.406 e. The molecule has 1 saturated heterocycles. The molecule has 5 rings (SSSR count). The van der Waals surface area contributed by atoms with Crippen molar-refractivity contribution in [2.45, 2.75) is 43.5 Å². The van der Waals surface area contributed by atoms with E-state index >= 15 is 0 Å². The van der Waals surface area contributed by atoms with E-state index in [9.17, 15) is 26.4 Å². The highest BCUT2D eigenvalue weighted by atomic mass is 32.2. The molecule has 0 aliphatic carbocycles. The first-order valence-corrected chi connectivity index (χ1v) is 13.2. The molecule has 0 radical (unpaired) electrons. The maximum Gasteiger partial charge on any atom is 0.573 e. The van der Waals surface area contributed by atoms with E-state index in [2.05, 4.69) is 25.0 Å². The Bertz CT molecular complexity index is 1620. The Morgan fingerprint density at radius 1 is 1.11 bits per heavy atom. The number of nitrogens with zero attached hydrogens (tertiary/aromatic N) is 5. The number of sulfonamides is 1. The van der Waals surface area contributed by atoms with Crippen LogP contribution in [-0.2, 0) is 16.6 Å². The van der Waals surface area contributed by atoms with Crippen molar-refractivity contribution in [3.8, 4) is 5.75 Å². The molecule has 1 aliphatic rings. The zero-order valence-corrected chi connectivity index (χ0v) is 21.0. The summed E-state index contributed by atoms with van der Waals surface area (Å²) in [5.41, 5.74) is 1.22. The Hall–Kier alpha value is -3.78. The lowest BCUT2D eigenvalue weighted by molar-refractivity contribution is -0.274. The van der Waals surface area contributed by atoms with Gasteiger partial charge < -0.3 is 9.72 Å². The Morgan fingerprint density at radius 3 is 2.50 bits per heavy atom. The summed E-state index contributed by atoms with van der Waals surface area (Å²) in [6.45, 7) is 2.47. The molecule has 4 aromatic rings. The summed E-state index contributed by atoms with van der Waals surface area (Å²) in [5.74, 6) is -0.393. The van der Waals surface area contributed by atoms with Crippen molar-refractivity contribution in [1.82, 2.24) is 29.3 Å². The first kappa shape index (κ1) is 25.9. The van der Waals surface area contributed by atoms with Crippen molar-refractivity contribution in [1.29, 1.82) is 0 Å². The average molecular weight is 549 g/mol. The maximum absolute atomic E-state index is 13.2. The van der Waals surface area contributed by atoms with Crippen molar-refractivity contribution in [2.75, 3.05) is 13.1 Å². The van der Waals surface area contributed by atoms with Gasteiger partial charge in [-0.2, -0.15) is 4.31 Å². The number of aryl methyl sites for hydroxylation is 1. The van der Waals surface area contributed by atoms with Gasteiger partial charge in [0.2, 0.25) is 10.0 Å². The molecule has 10 nitrogen and oxygen atoms in total. The quantitative estimate of drug-likeness (QED) is 0.392. The minimum Gasteiger partial charge on any atom is -0.406 e. The molecule has 14 heteroatoms. The van der Waals surface area contributed by atoms with Crippen LogP contribution in [0.15, 0.2) is 58.2 Å². The summed E-state index contributed by atoms with van der Waals surface area (Å²) in [5, 5.41) is 7.88. The molecule has 0 spiro atoms. The van der Waals surface area contributed by atoms with Gasteiger partial charge in [-0.15, -0.1) is 18.3 Å². The lowest BCUT2D eigenvalue weighted by Gasteiger charge is -2.31. The number of hydrogen-bond donors (Lipinski definition) is 1. The minimum atomic E-state index is -4.79. The number of alkyl halides is 3. The third-order valence-corrected chi connectivity index (χ3v) is 8.19. The Labute approximate surface area is 215 Å². The van der Waals surface area contributed by atoms with E-state index in [-0.39, 0.29) is 40.8 Å². The second kappa shape index (κ2) is 9.83. The second-order valence-corrected chi connectivity index (χ2v) is 11.0. The van der Waals surface area contributed by atoms with Crippen LogP contribution >= 0.6 is 0 Å². The van der Waals surface area contributed by atoms with Crippen LogP contribution in [0, 0.1) is 6.92 Å². The number of benzene rings is 2. The molecule has 200 valence electrons. The molecule has 2 aromatic heterocycles. The van der Waals surface area contributed by atoms with Gasteiger partial charge >= 0.3 is 6.36 Å². The number of aromatic nitrogens is 5. The van der Waals surface area contributed by atoms with Crippen LogP contribution in [-0.4, -0.2) is 57.1 Å². The lowest BCUT2D eigenvalue weighted by atomic mass is 9.99. The van der Waals surface area contributed by atoms with Crippen LogP contribution in [0.1, 0.15) is 35.7 Å². The van der Waals surface area contributed by atoms with Gasteiger partial charge in [0.25, 0.3) is 5.56 Å². The number of ether oxygens (including phenoxy) is 1. The number of rotatable bonds is 6. The van der Waals surface area contributed by atoms with Crippen molar-refractivity contribution >= 4 is 21.2 Å². The predicted molar refractivity (Wildman–Crippen MR) is 130 cm³/mol. The number of piperidine rings is 1. The van der Waals surface area contributed by atoms with Crippen LogP contribution < -0.4 is 10.3 Å². The molecule has 38 heavy (non-hydrogen) atoms. The molecule has 0 unspecified atom stereocenters. The summed E-state index contributed by atoms with van der Waals surface area (Å²) in [7, 11) is -3.72. The second-order valence-electron chi connectivity index (χ2n) is 9.08. The molecule has 1 fully saturated rings. The third kappa shape index (κ3) is 5.41. The molecule has 0 bridgehead atoms. The van der Waals surface area contributed by atoms with E-state index in [0.29, 0.717) is 30.8 Å². The molecular weight excluding hydrogens is 525 g/mol. The molecule has 0 amide bonds. The molecule has 0 saturated carbocycles. The van der Waals surface area contributed by atoms with E-state index < -0.39 is 21.9 Å². The highest BCUT2D eigenvalue weighted by Gasteiger charge is 2.33. The lowest BCUT2D eigenvalue weighted by Crippen LogP contribution is -2.39. The predicted octanol–water partition coefficient (Wildman–Crippen LogP) is 3.34. The highest BCUT2D eigenvalue weighted by Crippen LogP contribution is 2.29. The van der Waals surface area contributed by atoms with Crippen molar-refractivity contribution < 1.29 is 26.3 Å². The molecule has 1 aliphatic heterocycles. The number of nitrogens with one attached hydrogen (secondary N) is 1. The van der Waals surface area contributed by atoms with Gasteiger partial charge in [0.15, 0.2) is 11.2 Å². The zero-order chi connectivity index (χ0) is 27.1. The fourth-order valence-corrected chi connectivity index (χ4v) is 5.92. The monoisotopic (exact) mass is 548 g/mol. The average Bonchev–Trinajstić information content (AvgIpc) is 3.28. The molecule has 1 N–H and O–H groups in total. The molecule has 3 heterocycles. The van der Waals surface area contributed by atoms with E-state index in [1.54, 1.807) is 24.3 Å². The minimum absolute atomic E-state index is 0.00529. The largest absolute Gasteiger partial charge is 0.573 e. The van der Waals surface area contributed by atoms with E-state index in [0.717, 1.165) is 5.56 Å². The molecular formula is C24H23F3N6O4S. The summed E-state index contributed by atoms with van der Waals surface area (Å²) in [4.78, 5) is 20.2. The fraction of sp³-hybridized carbons (Fsp3) is 0.333. The normalized spacial score (nSPS) is 17.1. The van der Waals surface area contributed by atoms with Gasteiger partial charge in [-0.05, 0) is 49.6 Å². The first-order valence-electron chi connectivity index (χ1n) is 11.7. The van der Waals surface area contributed by atoms with Crippen LogP contribution in [0.3, 0.4) is 0 Å². The number of halogens is 3. The Kier molecular flexibility index (Phi) is 6.69. The Balaban J connectivity index is 1.39. The fourth-order valence-electron chi connectivity index (χ4n) is 4.40. The molecule has 2 aromatic carbocycles. The third-order valence-electron chi connectivity index (χ3n) is 6.31. The summed E-state index contributed by atoms with van der Waals surface area (Å²) in [6, 6.07) is 11.9. The zero-order valence-electron chi connectivity index (χ0n) is 20.1. The van der Waals surface area contributed by atoms with Crippen molar-refractivity contribution in [3.63, 3.8) is 0 Å². The molecule has 1 atom stereocenters. The highest BCUT2D eigenvalue weighted by molar-refractivity contribution is 7.89. The van der Waals surface area contributed by atoms with Gasteiger partial charge in [-0.1, -0.05) is 35.0 Å². The number of hydrogen-bond acceptors (Lipinski definition) is 7. The van der Waals surface area contributed by atoms with Crippen LogP contribution in [0.2, 0.25) is 0 Å².